The summed E-state index contributed by atoms with van der Waals surface area (Å²) in [5.74, 6) is -1.23. The molecule has 0 saturated heterocycles. The van der Waals surface area contributed by atoms with Crippen LogP contribution in [-0.2, 0) is 31.4 Å². The van der Waals surface area contributed by atoms with Gasteiger partial charge < -0.3 is 21.8 Å². The first-order valence-corrected chi connectivity index (χ1v) is 22.5. The van der Waals surface area contributed by atoms with E-state index in [0.29, 0.717) is 6.42 Å². The van der Waals surface area contributed by atoms with Gasteiger partial charge in [0.05, 0.1) is 6.10 Å². The third kappa shape index (κ3) is 13.0. The smallest absolute Gasteiger partial charge is 0.460 e. The monoisotopic (exact) mass is 494 g/mol. The maximum Gasteiger partial charge on any atom is 0.512 e. The van der Waals surface area contributed by atoms with E-state index in [0.717, 1.165) is 12.2 Å². The number of rotatable bonds is 12. The molecule has 0 aromatic carbocycles. The molecule has 176 valence electrons. The molecule has 0 fully saturated rings. The average molecular weight is 495 g/mol. The standard InChI is InChI=1S/C19H42O7Si4/c1-13-19(23-18(21)15-14-17(20)22-16(2)3)30(24-27(4,5)6,25-28(7,8)9)26-29(10,11)12/h14-16,19H,13H2,1-12H3. The normalized spacial score (nSPS) is 14.8. The molecule has 7 nitrogen and oxygen atoms in total. The number of carbonyl (C=O) groups excluding carboxylic acids is 2. The van der Waals surface area contributed by atoms with E-state index in [4.69, 9.17) is 21.8 Å². The molecule has 30 heavy (non-hydrogen) atoms. The Morgan fingerprint density at radius 3 is 1.30 bits per heavy atom. The van der Waals surface area contributed by atoms with Gasteiger partial charge >= 0.3 is 20.7 Å². The predicted octanol–water partition coefficient (Wildman–Crippen LogP) is 4.85. The molecule has 0 amide bonds. The second kappa shape index (κ2) is 11.3. The average Bonchev–Trinajstić information content (AvgIpc) is 2.44. The lowest BCUT2D eigenvalue weighted by molar-refractivity contribution is -0.144. The van der Waals surface area contributed by atoms with Gasteiger partial charge in [0.25, 0.3) is 0 Å². The molecule has 0 saturated carbocycles. The van der Waals surface area contributed by atoms with Gasteiger partial charge in [-0.25, -0.2) is 9.59 Å². The highest BCUT2D eigenvalue weighted by Gasteiger charge is 2.57. The molecule has 0 N–H and O–H groups in total. The van der Waals surface area contributed by atoms with Crippen LogP contribution in [0.5, 0.6) is 0 Å². The summed E-state index contributed by atoms with van der Waals surface area (Å²) in [6.07, 6.45) is 2.39. The second-order valence-electron chi connectivity index (χ2n) is 10.4. The molecule has 0 aromatic rings. The number of hydrogen-bond donors (Lipinski definition) is 0. The minimum atomic E-state index is -3.38. The Morgan fingerprint density at radius 2 is 1.03 bits per heavy atom. The number of ether oxygens (including phenoxy) is 2. The van der Waals surface area contributed by atoms with Gasteiger partial charge in [-0.1, -0.05) is 6.92 Å². The first kappa shape index (κ1) is 29.4. The SMILES string of the molecule is CCC(OC(=O)C=CC(=O)OC(C)C)[Si](O[Si](C)(C)C)(O[Si](C)(C)C)O[Si](C)(C)C. The van der Waals surface area contributed by atoms with Gasteiger partial charge in [-0.2, -0.15) is 0 Å². The molecule has 0 rings (SSSR count). The molecular weight excluding hydrogens is 453 g/mol. The van der Waals surface area contributed by atoms with Crippen LogP contribution in [-0.4, -0.2) is 57.5 Å². The highest BCUT2D eigenvalue weighted by Crippen LogP contribution is 2.31. The van der Waals surface area contributed by atoms with Crippen molar-refractivity contribution >= 4 is 45.7 Å². The van der Waals surface area contributed by atoms with Crippen molar-refractivity contribution in [2.75, 3.05) is 0 Å². The van der Waals surface area contributed by atoms with Crippen molar-refractivity contribution in [1.82, 2.24) is 0 Å². The predicted molar refractivity (Wildman–Crippen MR) is 130 cm³/mol. The first-order valence-electron chi connectivity index (χ1n) is 10.5. The molecule has 0 radical (unpaired) electrons. The first-order chi connectivity index (χ1) is 13.3. The summed E-state index contributed by atoms with van der Waals surface area (Å²) in [6.45, 7) is 24.1. The van der Waals surface area contributed by atoms with Crippen LogP contribution in [0.25, 0.3) is 0 Å². The topological polar surface area (TPSA) is 80.3 Å². The lowest BCUT2D eigenvalue weighted by Crippen LogP contribution is -2.67. The minimum Gasteiger partial charge on any atom is -0.460 e. The van der Waals surface area contributed by atoms with Crippen molar-refractivity contribution in [1.29, 1.82) is 0 Å². The van der Waals surface area contributed by atoms with Crippen LogP contribution in [0.1, 0.15) is 27.2 Å². The number of esters is 2. The fourth-order valence-corrected chi connectivity index (χ4v) is 16.7. The molecule has 0 heterocycles. The fraction of sp³-hybridized carbons (Fsp3) is 0.789. The van der Waals surface area contributed by atoms with Crippen LogP contribution in [0.15, 0.2) is 12.2 Å². The van der Waals surface area contributed by atoms with E-state index >= 15 is 0 Å². The summed E-state index contributed by atoms with van der Waals surface area (Å²) in [7, 11) is -9.70. The summed E-state index contributed by atoms with van der Waals surface area (Å²) in [5, 5.41) is 0. The van der Waals surface area contributed by atoms with Crippen LogP contribution in [0.3, 0.4) is 0 Å². The van der Waals surface area contributed by atoms with Gasteiger partial charge in [0.1, 0.15) is 0 Å². The summed E-state index contributed by atoms with van der Waals surface area (Å²) >= 11 is 0. The van der Waals surface area contributed by atoms with E-state index in [-0.39, 0.29) is 6.10 Å². The van der Waals surface area contributed by atoms with Gasteiger partial charge in [0.15, 0.2) is 30.7 Å². The van der Waals surface area contributed by atoms with E-state index in [9.17, 15) is 9.59 Å². The molecule has 0 aromatic heterocycles. The van der Waals surface area contributed by atoms with Crippen LogP contribution >= 0.6 is 0 Å². The summed E-state index contributed by atoms with van der Waals surface area (Å²) in [4.78, 5) is 24.2. The van der Waals surface area contributed by atoms with E-state index < -0.39 is 51.4 Å². The summed E-state index contributed by atoms with van der Waals surface area (Å²) < 4.78 is 30.7. The van der Waals surface area contributed by atoms with Crippen molar-refractivity contribution in [2.45, 2.75) is 97.9 Å². The quantitative estimate of drug-likeness (QED) is 0.218. The third-order valence-electron chi connectivity index (χ3n) is 3.08. The van der Waals surface area contributed by atoms with E-state index in [1.165, 1.54) is 0 Å². The van der Waals surface area contributed by atoms with E-state index in [1.54, 1.807) is 13.8 Å². The zero-order valence-corrected chi connectivity index (χ0v) is 24.9. The highest BCUT2D eigenvalue weighted by molar-refractivity contribution is 6.90. The lowest BCUT2D eigenvalue weighted by atomic mass is 10.4. The van der Waals surface area contributed by atoms with Crippen LogP contribution in [0, 0.1) is 0 Å². The maximum absolute atomic E-state index is 12.5. The molecule has 0 aliphatic heterocycles. The molecule has 0 spiro atoms. The van der Waals surface area contributed by atoms with Crippen molar-refractivity contribution in [3.05, 3.63) is 12.2 Å². The van der Waals surface area contributed by atoms with Crippen molar-refractivity contribution in [3.63, 3.8) is 0 Å². The third-order valence-corrected chi connectivity index (χ3v) is 15.2. The molecule has 11 heteroatoms. The Balaban J connectivity index is 5.96. The van der Waals surface area contributed by atoms with E-state index in [1.807, 2.05) is 6.92 Å². The Kier molecular flexibility index (Phi) is 11.1. The molecule has 1 atom stereocenters. The van der Waals surface area contributed by atoms with Crippen molar-refractivity contribution < 1.29 is 31.4 Å². The van der Waals surface area contributed by atoms with Gasteiger partial charge in [-0.3, -0.25) is 0 Å². The lowest BCUT2D eigenvalue weighted by Gasteiger charge is -2.45. The zero-order chi connectivity index (χ0) is 24.0. The van der Waals surface area contributed by atoms with Crippen LogP contribution in [0.4, 0.5) is 0 Å². The van der Waals surface area contributed by atoms with Gasteiger partial charge in [0.2, 0.25) is 0 Å². The molecule has 1 unspecified atom stereocenters. The Bertz CT molecular complexity index is 561. The van der Waals surface area contributed by atoms with Crippen molar-refractivity contribution in [3.8, 4) is 0 Å². The molecule has 0 bridgehead atoms. The molecule has 0 aliphatic carbocycles. The van der Waals surface area contributed by atoms with Gasteiger partial charge in [-0.05, 0) is 79.2 Å². The largest absolute Gasteiger partial charge is 0.512 e. The molecular formula is C19H42O7Si4. The van der Waals surface area contributed by atoms with Crippen LogP contribution < -0.4 is 0 Å². The Labute approximate surface area is 187 Å². The second-order valence-corrected chi connectivity index (χ2v) is 27.4. The fourth-order valence-electron chi connectivity index (χ4n) is 2.53. The van der Waals surface area contributed by atoms with Gasteiger partial charge in [-0.15, -0.1) is 0 Å². The summed E-state index contributed by atoms with van der Waals surface area (Å²) in [6, 6.07) is 0. The highest BCUT2D eigenvalue weighted by atomic mass is 28.5. The maximum atomic E-state index is 12.5. The summed E-state index contributed by atoms with van der Waals surface area (Å²) in [5.41, 5.74) is -0.652. The Morgan fingerprint density at radius 1 is 0.700 bits per heavy atom. The molecule has 0 aliphatic rings. The Hall–Kier alpha value is -0.572. The van der Waals surface area contributed by atoms with E-state index in [2.05, 4.69) is 58.9 Å². The van der Waals surface area contributed by atoms with Crippen LogP contribution in [0.2, 0.25) is 58.9 Å². The minimum absolute atomic E-state index is 0.262. The van der Waals surface area contributed by atoms with Crippen molar-refractivity contribution in [2.24, 2.45) is 0 Å². The zero-order valence-electron chi connectivity index (χ0n) is 20.9. The van der Waals surface area contributed by atoms with Gasteiger partial charge in [0, 0.05) is 12.2 Å². The number of hydrogen-bond acceptors (Lipinski definition) is 7. The number of carbonyl (C=O) groups is 2.